The highest BCUT2D eigenvalue weighted by molar-refractivity contribution is 6.06. The van der Waals surface area contributed by atoms with Crippen molar-refractivity contribution in [1.82, 2.24) is 0 Å². The van der Waals surface area contributed by atoms with Crippen LogP contribution in [0.25, 0.3) is 0 Å². The highest BCUT2D eigenvalue weighted by Gasteiger charge is 2.23. The minimum Gasteiger partial charge on any atom is -0.481 e. The molecule has 1 unspecified atom stereocenters. The van der Waals surface area contributed by atoms with Gasteiger partial charge in [0.05, 0.1) is 0 Å². The van der Waals surface area contributed by atoms with Crippen LogP contribution in [-0.2, 0) is 17.6 Å². The van der Waals surface area contributed by atoms with Crippen LogP contribution in [0.4, 0.5) is 5.69 Å². The van der Waals surface area contributed by atoms with Crippen molar-refractivity contribution in [3.63, 3.8) is 0 Å². The lowest BCUT2D eigenvalue weighted by atomic mass is 9.81. The number of nitrogens with two attached hydrogens (primary N) is 1. The Labute approximate surface area is 164 Å². The Morgan fingerprint density at radius 2 is 1.82 bits per heavy atom. The average Bonchev–Trinajstić information content (AvgIpc) is 2.67. The summed E-state index contributed by atoms with van der Waals surface area (Å²) in [6.07, 6.45) is 2.59. The van der Waals surface area contributed by atoms with E-state index >= 15 is 0 Å². The molecule has 1 atom stereocenters. The van der Waals surface area contributed by atoms with Crippen LogP contribution in [0.3, 0.4) is 0 Å². The molecule has 2 aromatic rings. The molecule has 1 aliphatic rings. The van der Waals surface area contributed by atoms with E-state index < -0.39 is 5.97 Å². The molecular formula is C22H25N3O3. The van der Waals surface area contributed by atoms with Crippen molar-refractivity contribution in [2.75, 3.05) is 11.4 Å². The summed E-state index contributed by atoms with van der Waals surface area (Å²) in [6.45, 7) is 2.43. The molecule has 1 amide bonds. The quantitative estimate of drug-likeness (QED) is 0.529. The number of hydrogen-bond donors (Lipinski definition) is 3. The summed E-state index contributed by atoms with van der Waals surface area (Å²) in [5.74, 6) is -0.753. The number of rotatable bonds is 6. The maximum atomic E-state index is 13.1. The van der Waals surface area contributed by atoms with Crippen molar-refractivity contribution >= 4 is 23.4 Å². The highest BCUT2D eigenvalue weighted by Crippen LogP contribution is 2.29. The van der Waals surface area contributed by atoms with Crippen LogP contribution in [0.2, 0.25) is 0 Å². The smallest absolute Gasteiger partial charge is 0.303 e. The average molecular weight is 379 g/mol. The molecule has 0 saturated carbocycles. The molecule has 146 valence electrons. The first-order chi connectivity index (χ1) is 13.4. The molecular weight excluding hydrogens is 354 g/mol. The van der Waals surface area contributed by atoms with E-state index in [1.54, 1.807) is 29.2 Å². The lowest BCUT2D eigenvalue weighted by Gasteiger charge is -2.25. The molecule has 0 saturated heterocycles. The maximum absolute atomic E-state index is 13.1. The van der Waals surface area contributed by atoms with E-state index in [1.165, 1.54) is 5.56 Å². The number of amidine groups is 1. The number of anilines is 1. The molecule has 0 radical (unpaired) electrons. The number of nitrogens with one attached hydrogen (secondary N) is 1. The van der Waals surface area contributed by atoms with Crippen LogP contribution >= 0.6 is 0 Å². The van der Waals surface area contributed by atoms with E-state index in [9.17, 15) is 9.59 Å². The van der Waals surface area contributed by atoms with Gasteiger partial charge in [-0.2, -0.15) is 0 Å². The molecule has 0 heterocycles. The highest BCUT2D eigenvalue weighted by atomic mass is 16.4. The topological polar surface area (TPSA) is 107 Å². The number of amides is 1. The Bertz CT molecular complexity index is 906. The van der Waals surface area contributed by atoms with Crippen LogP contribution in [0.5, 0.6) is 0 Å². The van der Waals surface area contributed by atoms with Crippen molar-refractivity contribution in [3.05, 3.63) is 64.7 Å². The van der Waals surface area contributed by atoms with Gasteiger partial charge >= 0.3 is 5.97 Å². The van der Waals surface area contributed by atoms with E-state index in [-0.39, 0.29) is 24.1 Å². The monoisotopic (exact) mass is 379 g/mol. The predicted octanol–water partition coefficient (Wildman–Crippen LogP) is 3.22. The summed E-state index contributed by atoms with van der Waals surface area (Å²) < 4.78 is 0. The third-order valence-corrected chi connectivity index (χ3v) is 5.30. The molecule has 6 nitrogen and oxygen atoms in total. The van der Waals surface area contributed by atoms with Crippen molar-refractivity contribution < 1.29 is 14.7 Å². The predicted molar refractivity (Wildman–Crippen MR) is 109 cm³/mol. The Morgan fingerprint density at radius 1 is 1.14 bits per heavy atom. The van der Waals surface area contributed by atoms with Gasteiger partial charge in [0.15, 0.2) is 0 Å². The number of hydrogen-bond acceptors (Lipinski definition) is 3. The van der Waals surface area contributed by atoms with Crippen LogP contribution in [0.1, 0.15) is 46.8 Å². The molecule has 1 aliphatic carbocycles. The SMILES string of the molecule is CCN(C(=O)c1ccc2c(c1)CC(CC(=O)O)CC2)c1ccc(C(=N)N)cc1. The van der Waals surface area contributed by atoms with Gasteiger partial charge < -0.3 is 15.7 Å². The zero-order valence-corrected chi connectivity index (χ0v) is 15.9. The van der Waals surface area contributed by atoms with Crippen LogP contribution in [0, 0.1) is 11.3 Å². The minimum atomic E-state index is -0.771. The molecule has 0 aromatic heterocycles. The maximum Gasteiger partial charge on any atom is 0.303 e. The number of nitrogens with zero attached hydrogens (tertiary/aromatic N) is 1. The molecule has 2 aromatic carbocycles. The molecule has 0 spiro atoms. The number of fused-ring (bicyclic) bond motifs is 1. The van der Waals surface area contributed by atoms with Gasteiger partial charge in [-0.1, -0.05) is 6.07 Å². The van der Waals surface area contributed by atoms with Crippen molar-refractivity contribution in [2.45, 2.75) is 32.6 Å². The summed E-state index contributed by atoms with van der Waals surface area (Å²) >= 11 is 0. The standard InChI is InChI=1S/C22H25N3O3/c1-2-25(19-9-7-16(8-10-19)21(23)24)22(28)17-6-5-15-4-3-14(12-20(26)27)11-18(15)13-17/h5-10,13-14H,2-4,11-12H2,1H3,(H3,23,24)(H,26,27). The summed E-state index contributed by atoms with van der Waals surface area (Å²) in [7, 11) is 0. The first kappa shape index (κ1) is 19.6. The molecule has 3 rings (SSSR count). The van der Waals surface area contributed by atoms with Crippen LogP contribution < -0.4 is 10.6 Å². The third kappa shape index (κ3) is 4.22. The first-order valence-corrected chi connectivity index (χ1v) is 9.49. The number of carbonyl (C=O) groups excluding carboxylic acids is 1. The number of aryl methyl sites for hydroxylation is 1. The molecule has 28 heavy (non-hydrogen) atoms. The Morgan fingerprint density at radius 3 is 2.43 bits per heavy atom. The molecule has 4 N–H and O–H groups in total. The van der Waals surface area contributed by atoms with E-state index in [1.807, 2.05) is 25.1 Å². The van der Waals surface area contributed by atoms with Crippen LogP contribution in [-0.4, -0.2) is 29.4 Å². The minimum absolute atomic E-state index is 0.00785. The van der Waals surface area contributed by atoms with Gasteiger partial charge in [0, 0.05) is 29.8 Å². The fourth-order valence-electron chi connectivity index (χ4n) is 3.81. The Balaban J connectivity index is 1.83. The van der Waals surface area contributed by atoms with Crippen molar-refractivity contribution in [3.8, 4) is 0 Å². The third-order valence-electron chi connectivity index (χ3n) is 5.30. The molecule has 0 aliphatic heterocycles. The lowest BCUT2D eigenvalue weighted by Crippen LogP contribution is -2.31. The van der Waals surface area contributed by atoms with E-state index in [0.29, 0.717) is 24.1 Å². The second kappa shape index (κ2) is 8.25. The van der Waals surface area contributed by atoms with Gasteiger partial charge in [0.2, 0.25) is 0 Å². The normalized spacial score (nSPS) is 15.5. The van der Waals surface area contributed by atoms with Gasteiger partial charge in [-0.15, -0.1) is 0 Å². The number of carbonyl (C=O) groups is 2. The van der Waals surface area contributed by atoms with Crippen LogP contribution in [0.15, 0.2) is 42.5 Å². The summed E-state index contributed by atoms with van der Waals surface area (Å²) in [5, 5.41) is 16.5. The van der Waals surface area contributed by atoms with Gasteiger partial charge in [-0.05, 0) is 79.6 Å². The fourth-order valence-corrected chi connectivity index (χ4v) is 3.81. The second-order valence-corrected chi connectivity index (χ2v) is 7.20. The van der Waals surface area contributed by atoms with Gasteiger partial charge in [0.25, 0.3) is 5.91 Å². The molecule has 0 bridgehead atoms. The lowest BCUT2D eigenvalue weighted by molar-refractivity contribution is -0.138. The van der Waals surface area contributed by atoms with E-state index in [0.717, 1.165) is 24.1 Å². The fraction of sp³-hybridized carbons (Fsp3) is 0.318. The summed E-state index contributed by atoms with van der Waals surface area (Å²) in [6, 6.07) is 12.8. The second-order valence-electron chi connectivity index (χ2n) is 7.20. The van der Waals surface area contributed by atoms with Crippen molar-refractivity contribution in [1.29, 1.82) is 5.41 Å². The number of benzene rings is 2. The van der Waals surface area contributed by atoms with Crippen molar-refractivity contribution in [2.24, 2.45) is 11.7 Å². The van der Waals surface area contributed by atoms with Gasteiger partial charge in [0.1, 0.15) is 5.84 Å². The zero-order valence-electron chi connectivity index (χ0n) is 15.9. The number of nitrogen functional groups attached to an aromatic ring is 1. The van der Waals surface area contributed by atoms with Gasteiger partial charge in [-0.3, -0.25) is 15.0 Å². The Kier molecular flexibility index (Phi) is 5.78. The first-order valence-electron chi connectivity index (χ1n) is 9.49. The largest absolute Gasteiger partial charge is 0.481 e. The number of carboxylic acid groups (broad SMARTS) is 1. The van der Waals surface area contributed by atoms with E-state index in [2.05, 4.69) is 0 Å². The summed E-state index contributed by atoms with van der Waals surface area (Å²) in [4.78, 5) is 25.8. The number of carboxylic acids is 1. The summed E-state index contributed by atoms with van der Waals surface area (Å²) in [5.41, 5.74) is 9.74. The Hall–Kier alpha value is -3.15. The molecule has 0 fully saturated rings. The van der Waals surface area contributed by atoms with E-state index in [4.69, 9.17) is 16.2 Å². The molecule has 6 heteroatoms. The zero-order chi connectivity index (χ0) is 20.3. The van der Waals surface area contributed by atoms with Gasteiger partial charge in [-0.25, -0.2) is 0 Å². The number of aliphatic carboxylic acids is 1.